The van der Waals surface area contributed by atoms with E-state index in [0.29, 0.717) is 18.7 Å². The van der Waals surface area contributed by atoms with Gasteiger partial charge in [-0.05, 0) is 61.7 Å². The molecule has 2 aliphatic heterocycles. The predicted molar refractivity (Wildman–Crippen MR) is 126 cm³/mol. The molecule has 0 radical (unpaired) electrons. The largest absolute Gasteiger partial charge is 0.489 e. The molecule has 2 unspecified atom stereocenters. The van der Waals surface area contributed by atoms with E-state index in [9.17, 15) is 4.79 Å². The summed E-state index contributed by atoms with van der Waals surface area (Å²) >= 11 is 0. The Labute approximate surface area is 192 Å². The molecule has 6 nitrogen and oxygen atoms in total. The van der Waals surface area contributed by atoms with Crippen LogP contribution in [0.2, 0.25) is 0 Å². The standard InChI is InChI=1S/C27H25N3O3/c1-14-3-4-16(15(2)11-14)12-20(28)25-24-19-13-17(5-7-21(19)33-26(24)25)32-22-9-10-29-27-18(22)6-8-23(31)30-27/h3-5,7,9-13,24-26H,6,8,28H2,1-2H3,(H,29,30,31)/b20-12-/t24?,25?,26-/m0/s1. The van der Waals surface area contributed by atoms with Crippen molar-refractivity contribution in [1.82, 2.24) is 4.98 Å². The van der Waals surface area contributed by atoms with Crippen molar-refractivity contribution in [3.63, 3.8) is 0 Å². The lowest BCUT2D eigenvalue weighted by Gasteiger charge is -2.19. The van der Waals surface area contributed by atoms with E-state index < -0.39 is 0 Å². The van der Waals surface area contributed by atoms with E-state index >= 15 is 0 Å². The van der Waals surface area contributed by atoms with Gasteiger partial charge in [-0.1, -0.05) is 23.8 Å². The van der Waals surface area contributed by atoms with Crippen molar-refractivity contribution in [1.29, 1.82) is 0 Å². The van der Waals surface area contributed by atoms with Crippen LogP contribution in [-0.4, -0.2) is 17.0 Å². The molecule has 6 rings (SSSR count). The van der Waals surface area contributed by atoms with E-state index in [4.69, 9.17) is 15.2 Å². The van der Waals surface area contributed by atoms with E-state index in [2.05, 4.69) is 54.5 Å². The summed E-state index contributed by atoms with van der Waals surface area (Å²) in [6, 6.07) is 14.2. The zero-order chi connectivity index (χ0) is 22.7. The number of anilines is 1. The summed E-state index contributed by atoms with van der Waals surface area (Å²) in [6.07, 6.45) is 4.87. The number of carbonyl (C=O) groups excluding carboxylic acids is 1. The molecule has 1 aliphatic carbocycles. The van der Waals surface area contributed by atoms with Crippen molar-refractivity contribution in [3.05, 3.63) is 82.2 Å². The molecule has 166 valence electrons. The normalized spacial score (nSPS) is 22.5. The number of hydrogen-bond acceptors (Lipinski definition) is 5. The number of hydrogen-bond donors (Lipinski definition) is 2. The van der Waals surface area contributed by atoms with Gasteiger partial charge in [0, 0.05) is 41.3 Å². The van der Waals surface area contributed by atoms with E-state index in [1.54, 1.807) is 6.20 Å². The van der Waals surface area contributed by atoms with Gasteiger partial charge in [0.25, 0.3) is 0 Å². The minimum absolute atomic E-state index is 0.0147. The highest BCUT2D eigenvalue weighted by Crippen LogP contribution is 2.61. The molecule has 1 amide bonds. The van der Waals surface area contributed by atoms with Gasteiger partial charge < -0.3 is 20.5 Å². The topological polar surface area (TPSA) is 86.5 Å². The Kier molecular flexibility index (Phi) is 4.43. The zero-order valence-corrected chi connectivity index (χ0v) is 18.6. The average Bonchev–Trinajstić information content (AvgIpc) is 3.39. The van der Waals surface area contributed by atoms with Gasteiger partial charge in [0.2, 0.25) is 5.91 Å². The Morgan fingerprint density at radius 1 is 1.18 bits per heavy atom. The Balaban J connectivity index is 1.24. The highest BCUT2D eigenvalue weighted by atomic mass is 16.5. The number of nitrogens with zero attached hydrogens (tertiary/aromatic N) is 1. The highest BCUT2D eigenvalue weighted by molar-refractivity contribution is 5.93. The summed E-state index contributed by atoms with van der Waals surface area (Å²) in [5.41, 5.74) is 13.1. The lowest BCUT2D eigenvalue weighted by molar-refractivity contribution is -0.116. The van der Waals surface area contributed by atoms with Crippen LogP contribution in [0.1, 0.15) is 40.2 Å². The van der Waals surface area contributed by atoms with Crippen LogP contribution in [0.15, 0.2) is 54.4 Å². The number of nitrogens with two attached hydrogens (primary N) is 1. The van der Waals surface area contributed by atoms with Crippen LogP contribution in [0.25, 0.3) is 6.08 Å². The Hall–Kier alpha value is -3.80. The molecule has 33 heavy (non-hydrogen) atoms. The van der Waals surface area contributed by atoms with Crippen molar-refractivity contribution < 1.29 is 14.3 Å². The SMILES string of the molecule is Cc1ccc(/C=C(\N)C2C3c4cc(Oc5ccnc6c5CCC(=O)N6)ccc4O[C@H]23)c(C)c1. The molecular formula is C27H25N3O3. The Morgan fingerprint density at radius 3 is 2.91 bits per heavy atom. The molecule has 0 saturated heterocycles. The first-order valence-electron chi connectivity index (χ1n) is 11.3. The number of aryl methyl sites for hydroxylation is 2. The van der Waals surface area contributed by atoms with Crippen LogP contribution in [0.5, 0.6) is 17.2 Å². The van der Waals surface area contributed by atoms with Crippen molar-refractivity contribution >= 4 is 17.8 Å². The molecule has 6 heteroatoms. The smallest absolute Gasteiger partial charge is 0.225 e. The van der Waals surface area contributed by atoms with E-state index in [0.717, 1.165) is 39.6 Å². The third kappa shape index (κ3) is 3.42. The predicted octanol–water partition coefficient (Wildman–Crippen LogP) is 4.85. The van der Waals surface area contributed by atoms with Gasteiger partial charge >= 0.3 is 0 Å². The first-order valence-corrected chi connectivity index (χ1v) is 11.3. The van der Waals surface area contributed by atoms with Crippen LogP contribution in [0.3, 0.4) is 0 Å². The first-order chi connectivity index (χ1) is 16.0. The molecule has 0 bridgehead atoms. The minimum Gasteiger partial charge on any atom is -0.489 e. The van der Waals surface area contributed by atoms with Crippen LogP contribution in [0, 0.1) is 19.8 Å². The summed E-state index contributed by atoms with van der Waals surface area (Å²) in [5.74, 6) is 3.35. The van der Waals surface area contributed by atoms with Crippen LogP contribution in [-0.2, 0) is 11.2 Å². The third-order valence-corrected chi connectivity index (χ3v) is 6.79. The van der Waals surface area contributed by atoms with Gasteiger partial charge in [0.1, 0.15) is 29.2 Å². The fourth-order valence-electron chi connectivity index (χ4n) is 5.04. The molecule has 1 saturated carbocycles. The summed E-state index contributed by atoms with van der Waals surface area (Å²) < 4.78 is 12.4. The van der Waals surface area contributed by atoms with Crippen molar-refractivity contribution in [2.75, 3.05) is 5.32 Å². The van der Waals surface area contributed by atoms with Gasteiger partial charge in [-0.15, -0.1) is 0 Å². The highest BCUT2D eigenvalue weighted by Gasteiger charge is 2.60. The number of ether oxygens (including phenoxy) is 2. The minimum atomic E-state index is -0.0147. The number of amides is 1. The second-order valence-electron chi connectivity index (χ2n) is 9.12. The lowest BCUT2D eigenvalue weighted by Crippen LogP contribution is -2.20. The van der Waals surface area contributed by atoms with Gasteiger partial charge in [-0.3, -0.25) is 4.79 Å². The molecular weight excluding hydrogens is 414 g/mol. The molecule has 3 aliphatic rings. The molecule has 3 N–H and O–H groups in total. The molecule has 3 atom stereocenters. The van der Waals surface area contributed by atoms with Crippen LogP contribution < -0.4 is 20.5 Å². The first kappa shape index (κ1) is 19.9. The Morgan fingerprint density at radius 2 is 2.06 bits per heavy atom. The van der Waals surface area contributed by atoms with E-state index in [-0.39, 0.29) is 23.8 Å². The molecule has 1 fully saturated rings. The number of aromatic nitrogens is 1. The maximum atomic E-state index is 11.7. The average molecular weight is 440 g/mol. The molecule has 2 aromatic carbocycles. The second kappa shape index (κ2) is 7.37. The van der Waals surface area contributed by atoms with Crippen LogP contribution in [0.4, 0.5) is 5.82 Å². The second-order valence-corrected chi connectivity index (χ2v) is 9.12. The Bertz CT molecular complexity index is 1330. The molecule has 0 spiro atoms. The van der Waals surface area contributed by atoms with Gasteiger partial charge in [-0.25, -0.2) is 4.98 Å². The van der Waals surface area contributed by atoms with Crippen LogP contribution >= 0.6 is 0 Å². The fraction of sp³-hybridized carbons (Fsp3) is 0.259. The molecule has 3 heterocycles. The zero-order valence-electron chi connectivity index (χ0n) is 18.6. The van der Waals surface area contributed by atoms with Gasteiger partial charge in [-0.2, -0.15) is 0 Å². The summed E-state index contributed by atoms with van der Waals surface area (Å²) in [6.45, 7) is 4.20. The quantitative estimate of drug-likeness (QED) is 0.607. The lowest BCUT2D eigenvalue weighted by atomic mass is 10.0. The fourth-order valence-corrected chi connectivity index (χ4v) is 5.04. The van der Waals surface area contributed by atoms with Crippen molar-refractivity contribution in [2.24, 2.45) is 11.7 Å². The van der Waals surface area contributed by atoms with E-state index in [1.165, 1.54) is 11.1 Å². The van der Waals surface area contributed by atoms with E-state index in [1.807, 2.05) is 18.2 Å². The monoisotopic (exact) mass is 439 g/mol. The van der Waals surface area contributed by atoms with Crippen molar-refractivity contribution in [2.45, 2.75) is 38.7 Å². The molecule has 3 aromatic rings. The summed E-state index contributed by atoms with van der Waals surface area (Å²) in [7, 11) is 0. The summed E-state index contributed by atoms with van der Waals surface area (Å²) in [4.78, 5) is 15.9. The molecule has 1 aromatic heterocycles. The number of rotatable bonds is 4. The maximum Gasteiger partial charge on any atom is 0.225 e. The third-order valence-electron chi connectivity index (χ3n) is 6.79. The van der Waals surface area contributed by atoms with Gasteiger partial charge in [0.15, 0.2) is 0 Å². The number of fused-ring (bicyclic) bond motifs is 4. The number of pyridine rings is 1. The number of carbonyl (C=O) groups is 1. The maximum absolute atomic E-state index is 11.7. The van der Waals surface area contributed by atoms with Gasteiger partial charge in [0.05, 0.1) is 0 Å². The van der Waals surface area contributed by atoms with Crippen molar-refractivity contribution in [3.8, 4) is 17.2 Å². The number of benzene rings is 2. The summed E-state index contributed by atoms with van der Waals surface area (Å²) in [5, 5.41) is 2.82. The number of nitrogens with one attached hydrogen (secondary N) is 1.